The van der Waals surface area contributed by atoms with Gasteiger partial charge in [0.25, 0.3) is 5.91 Å². The van der Waals surface area contributed by atoms with Crippen LogP contribution in [-0.2, 0) is 6.54 Å². The predicted molar refractivity (Wildman–Crippen MR) is 77.4 cm³/mol. The van der Waals surface area contributed by atoms with E-state index in [9.17, 15) is 4.79 Å². The van der Waals surface area contributed by atoms with Gasteiger partial charge >= 0.3 is 0 Å². The lowest BCUT2D eigenvalue weighted by atomic mass is 10.1. The van der Waals surface area contributed by atoms with Crippen molar-refractivity contribution in [3.63, 3.8) is 0 Å². The Kier molecular flexibility index (Phi) is 4.75. The van der Waals surface area contributed by atoms with Crippen molar-refractivity contribution in [3.05, 3.63) is 52.9 Å². The van der Waals surface area contributed by atoms with Crippen molar-refractivity contribution < 1.29 is 14.4 Å². The first-order chi connectivity index (χ1) is 10.1. The van der Waals surface area contributed by atoms with Crippen LogP contribution in [0, 0.1) is 18.8 Å². The van der Waals surface area contributed by atoms with E-state index in [1.165, 1.54) is 0 Å². The van der Waals surface area contributed by atoms with Crippen molar-refractivity contribution in [1.29, 1.82) is 0 Å². The Balaban J connectivity index is 2.08. The van der Waals surface area contributed by atoms with Crippen LogP contribution in [0.15, 0.2) is 34.9 Å². The maximum absolute atomic E-state index is 12.2. The second-order valence-corrected chi connectivity index (χ2v) is 4.65. The summed E-state index contributed by atoms with van der Waals surface area (Å²) in [5.74, 6) is 5.45. The Morgan fingerprint density at radius 1 is 1.43 bits per heavy atom. The summed E-state index contributed by atoms with van der Waals surface area (Å²) in [6, 6.07) is 9.14. The maximum Gasteiger partial charge on any atom is 0.292 e. The molecule has 2 rings (SSSR count). The van der Waals surface area contributed by atoms with Crippen LogP contribution < -0.4 is 0 Å². The lowest BCUT2D eigenvalue weighted by molar-refractivity contribution is 0.0743. The highest BCUT2D eigenvalue weighted by Gasteiger charge is 2.16. The number of aryl methyl sites for hydroxylation is 1. The molecule has 5 nitrogen and oxygen atoms in total. The molecule has 1 heterocycles. The van der Waals surface area contributed by atoms with Crippen LogP contribution in [0.5, 0.6) is 0 Å². The van der Waals surface area contributed by atoms with Gasteiger partial charge in [0.15, 0.2) is 0 Å². The van der Waals surface area contributed by atoms with Gasteiger partial charge in [-0.3, -0.25) is 4.79 Å². The van der Waals surface area contributed by atoms with Crippen molar-refractivity contribution in [3.8, 4) is 11.8 Å². The average Bonchev–Trinajstić information content (AvgIpc) is 2.91. The highest BCUT2D eigenvalue weighted by atomic mass is 16.5. The molecule has 0 saturated heterocycles. The minimum Gasteiger partial charge on any atom is -0.384 e. The van der Waals surface area contributed by atoms with Crippen LogP contribution in [0.2, 0.25) is 0 Å². The van der Waals surface area contributed by atoms with Gasteiger partial charge in [-0.2, -0.15) is 0 Å². The number of amides is 1. The number of aliphatic hydroxyl groups is 1. The molecular formula is C16H16N2O3. The first-order valence-corrected chi connectivity index (χ1v) is 6.47. The summed E-state index contributed by atoms with van der Waals surface area (Å²) < 4.78 is 4.97. The highest BCUT2D eigenvalue weighted by Crippen LogP contribution is 2.11. The molecule has 0 saturated carbocycles. The van der Waals surface area contributed by atoms with E-state index in [2.05, 4.69) is 17.0 Å². The molecule has 21 heavy (non-hydrogen) atoms. The second kappa shape index (κ2) is 6.73. The maximum atomic E-state index is 12.2. The molecule has 108 valence electrons. The molecule has 5 heteroatoms. The molecule has 1 aromatic heterocycles. The van der Waals surface area contributed by atoms with Gasteiger partial charge in [-0.15, -0.1) is 0 Å². The van der Waals surface area contributed by atoms with Crippen molar-refractivity contribution >= 4 is 5.91 Å². The van der Waals surface area contributed by atoms with Crippen molar-refractivity contribution in [2.24, 2.45) is 0 Å². The molecule has 0 aliphatic heterocycles. The summed E-state index contributed by atoms with van der Waals surface area (Å²) in [5, 5.41) is 12.4. The molecule has 0 bridgehead atoms. The number of hydrogen-bond donors (Lipinski definition) is 1. The first-order valence-electron chi connectivity index (χ1n) is 6.47. The minimum absolute atomic E-state index is 0.173. The number of rotatable bonds is 3. The number of carbonyl (C=O) groups excluding carboxylic acids is 1. The Labute approximate surface area is 123 Å². The summed E-state index contributed by atoms with van der Waals surface area (Å²) in [7, 11) is 1.70. The predicted octanol–water partition coefficient (Wildman–Crippen LogP) is 1.60. The van der Waals surface area contributed by atoms with E-state index < -0.39 is 0 Å². The molecule has 0 aliphatic rings. The number of aliphatic hydroxyl groups excluding tert-OH is 1. The molecule has 1 amide bonds. The van der Waals surface area contributed by atoms with E-state index in [0.29, 0.717) is 12.2 Å². The smallest absolute Gasteiger partial charge is 0.292 e. The van der Waals surface area contributed by atoms with Crippen LogP contribution in [0.3, 0.4) is 0 Å². The van der Waals surface area contributed by atoms with Crippen molar-refractivity contribution in [1.82, 2.24) is 10.1 Å². The zero-order valence-electron chi connectivity index (χ0n) is 12.0. The third-order valence-corrected chi connectivity index (χ3v) is 2.84. The Hall–Kier alpha value is -2.58. The zero-order valence-corrected chi connectivity index (χ0v) is 12.0. The van der Waals surface area contributed by atoms with Crippen LogP contribution in [0.25, 0.3) is 0 Å². The van der Waals surface area contributed by atoms with Gasteiger partial charge < -0.3 is 14.5 Å². The van der Waals surface area contributed by atoms with Crippen molar-refractivity contribution in [2.45, 2.75) is 13.5 Å². The van der Waals surface area contributed by atoms with E-state index >= 15 is 0 Å². The fourth-order valence-electron chi connectivity index (χ4n) is 1.89. The normalized spacial score (nSPS) is 9.86. The summed E-state index contributed by atoms with van der Waals surface area (Å²) in [6.45, 7) is 2.03. The largest absolute Gasteiger partial charge is 0.384 e. The van der Waals surface area contributed by atoms with Gasteiger partial charge in [-0.05, 0) is 24.6 Å². The number of nitrogens with zero attached hydrogens (tertiary/aromatic N) is 2. The number of carbonyl (C=O) groups is 1. The van der Waals surface area contributed by atoms with Crippen molar-refractivity contribution in [2.75, 3.05) is 13.7 Å². The van der Waals surface area contributed by atoms with E-state index in [0.717, 1.165) is 11.1 Å². The summed E-state index contributed by atoms with van der Waals surface area (Å²) in [6.07, 6.45) is 0. The Bertz CT molecular complexity index is 695. The molecule has 1 N–H and O–H groups in total. The summed E-state index contributed by atoms with van der Waals surface area (Å²) in [5.41, 5.74) is 2.43. The fraction of sp³-hybridized carbons (Fsp3) is 0.250. The molecule has 0 radical (unpaired) electrons. The van der Waals surface area contributed by atoms with E-state index in [-0.39, 0.29) is 18.3 Å². The lowest BCUT2D eigenvalue weighted by Crippen LogP contribution is -2.25. The van der Waals surface area contributed by atoms with Crippen LogP contribution in [-0.4, -0.2) is 34.7 Å². The topological polar surface area (TPSA) is 66.6 Å². The van der Waals surface area contributed by atoms with Crippen LogP contribution in [0.4, 0.5) is 0 Å². The number of aromatic nitrogens is 1. The SMILES string of the molecule is Cc1cc(C(=O)N(C)Cc2cccc(C#CCO)c2)on1. The first kappa shape index (κ1) is 14.8. The molecule has 0 unspecified atom stereocenters. The van der Waals surface area contributed by atoms with E-state index in [4.69, 9.17) is 9.63 Å². The fourth-order valence-corrected chi connectivity index (χ4v) is 1.89. The van der Waals surface area contributed by atoms with Gasteiger partial charge in [0.05, 0.1) is 5.69 Å². The van der Waals surface area contributed by atoms with Gasteiger partial charge in [0.1, 0.15) is 6.61 Å². The second-order valence-electron chi connectivity index (χ2n) is 4.65. The molecule has 0 fully saturated rings. The van der Waals surface area contributed by atoms with Gasteiger partial charge in [0.2, 0.25) is 5.76 Å². The van der Waals surface area contributed by atoms with Gasteiger partial charge in [0, 0.05) is 25.2 Å². The summed E-state index contributed by atoms with van der Waals surface area (Å²) >= 11 is 0. The van der Waals surface area contributed by atoms with Gasteiger partial charge in [-0.1, -0.05) is 29.1 Å². The molecular weight excluding hydrogens is 268 g/mol. The third kappa shape index (κ3) is 3.94. The third-order valence-electron chi connectivity index (χ3n) is 2.84. The molecule has 0 aliphatic carbocycles. The summed E-state index contributed by atoms with van der Waals surface area (Å²) in [4.78, 5) is 13.7. The highest BCUT2D eigenvalue weighted by molar-refractivity contribution is 5.91. The van der Waals surface area contributed by atoms with E-state index in [1.807, 2.05) is 24.3 Å². The van der Waals surface area contributed by atoms with Crippen LogP contribution >= 0.6 is 0 Å². The minimum atomic E-state index is -0.220. The number of benzene rings is 1. The Morgan fingerprint density at radius 2 is 2.24 bits per heavy atom. The molecule has 0 spiro atoms. The number of hydrogen-bond acceptors (Lipinski definition) is 4. The Morgan fingerprint density at radius 3 is 2.90 bits per heavy atom. The standard InChI is InChI=1S/C16H16N2O3/c1-12-9-15(21-17-12)16(20)18(2)11-14-6-3-5-13(10-14)7-4-8-19/h3,5-6,9-10,19H,8,11H2,1-2H3. The quantitative estimate of drug-likeness (QED) is 0.869. The molecule has 0 atom stereocenters. The average molecular weight is 284 g/mol. The monoisotopic (exact) mass is 284 g/mol. The van der Waals surface area contributed by atoms with Gasteiger partial charge in [-0.25, -0.2) is 0 Å². The molecule has 1 aromatic carbocycles. The molecule has 2 aromatic rings. The van der Waals surface area contributed by atoms with E-state index in [1.54, 1.807) is 24.9 Å². The lowest BCUT2D eigenvalue weighted by Gasteiger charge is -2.15. The zero-order chi connectivity index (χ0) is 15.2. The van der Waals surface area contributed by atoms with Crippen LogP contribution in [0.1, 0.15) is 27.4 Å².